The van der Waals surface area contributed by atoms with Gasteiger partial charge >= 0.3 is 5.97 Å². The van der Waals surface area contributed by atoms with Crippen molar-refractivity contribution in [2.75, 3.05) is 19.6 Å². The molecule has 76 valence electrons. The average molecular weight is 186 g/mol. The number of hydrogen-bond acceptors (Lipinski definition) is 3. The standard InChI is InChI=1S/C9H18N2O2/c10-7-8-3-1-2-5-11(8)6-4-9(12)13/h8H,1-7,10H2,(H,12,13)/t8-/m0/s1. The molecule has 1 aliphatic rings. The van der Waals surface area contributed by atoms with Crippen LogP contribution in [0.4, 0.5) is 0 Å². The highest BCUT2D eigenvalue weighted by Gasteiger charge is 2.20. The van der Waals surface area contributed by atoms with Gasteiger partial charge in [-0.15, -0.1) is 0 Å². The van der Waals surface area contributed by atoms with E-state index in [1.54, 1.807) is 0 Å². The van der Waals surface area contributed by atoms with Gasteiger partial charge in [0, 0.05) is 19.1 Å². The zero-order valence-corrected chi connectivity index (χ0v) is 7.91. The summed E-state index contributed by atoms with van der Waals surface area (Å²) in [6.45, 7) is 2.31. The van der Waals surface area contributed by atoms with E-state index in [0.717, 1.165) is 13.0 Å². The molecule has 1 aliphatic heterocycles. The van der Waals surface area contributed by atoms with Crippen molar-refractivity contribution in [2.45, 2.75) is 31.7 Å². The Kier molecular flexibility index (Phi) is 4.18. The molecule has 0 unspecified atom stereocenters. The molecule has 1 fully saturated rings. The van der Waals surface area contributed by atoms with Gasteiger partial charge in [-0.05, 0) is 19.4 Å². The molecule has 0 saturated carbocycles. The Hall–Kier alpha value is -0.610. The summed E-state index contributed by atoms with van der Waals surface area (Å²) >= 11 is 0. The largest absolute Gasteiger partial charge is 0.481 e. The number of carboxylic acids is 1. The van der Waals surface area contributed by atoms with E-state index >= 15 is 0 Å². The molecule has 0 aromatic rings. The van der Waals surface area contributed by atoms with Gasteiger partial charge in [-0.2, -0.15) is 0 Å². The van der Waals surface area contributed by atoms with E-state index in [-0.39, 0.29) is 6.42 Å². The van der Waals surface area contributed by atoms with Crippen LogP contribution in [-0.4, -0.2) is 41.7 Å². The number of aliphatic carboxylic acids is 1. The molecule has 1 rings (SSSR count). The van der Waals surface area contributed by atoms with Crippen molar-refractivity contribution in [3.8, 4) is 0 Å². The molecule has 4 heteroatoms. The lowest BCUT2D eigenvalue weighted by Gasteiger charge is -2.34. The minimum absolute atomic E-state index is 0.233. The summed E-state index contributed by atoms with van der Waals surface area (Å²) in [5.74, 6) is -0.721. The van der Waals surface area contributed by atoms with Crippen molar-refractivity contribution in [1.29, 1.82) is 0 Å². The van der Waals surface area contributed by atoms with Crippen LogP contribution in [-0.2, 0) is 4.79 Å². The van der Waals surface area contributed by atoms with Crippen LogP contribution in [0.2, 0.25) is 0 Å². The molecule has 13 heavy (non-hydrogen) atoms. The van der Waals surface area contributed by atoms with Crippen molar-refractivity contribution in [2.24, 2.45) is 5.73 Å². The Labute approximate surface area is 78.7 Å². The van der Waals surface area contributed by atoms with Crippen LogP contribution in [0.5, 0.6) is 0 Å². The Morgan fingerprint density at radius 2 is 2.31 bits per heavy atom. The Balaban J connectivity index is 2.31. The maximum Gasteiger partial charge on any atom is 0.304 e. The molecule has 1 saturated heterocycles. The Morgan fingerprint density at radius 3 is 2.92 bits per heavy atom. The number of carboxylic acid groups (broad SMARTS) is 1. The maximum absolute atomic E-state index is 10.4. The molecule has 1 atom stereocenters. The lowest BCUT2D eigenvalue weighted by Crippen LogP contribution is -2.44. The number of carbonyl (C=O) groups is 1. The minimum Gasteiger partial charge on any atom is -0.481 e. The fourth-order valence-electron chi connectivity index (χ4n) is 1.86. The molecule has 1 heterocycles. The van der Waals surface area contributed by atoms with Crippen LogP contribution >= 0.6 is 0 Å². The second-order valence-electron chi connectivity index (χ2n) is 3.57. The van der Waals surface area contributed by atoms with E-state index in [2.05, 4.69) is 4.90 Å². The number of nitrogens with zero attached hydrogens (tertiary/aromatic N) is 1. The van der Waals surface area contributed by atoms with Gasteiger partial charge in [0.2, 0.25) is 0 Å². The zero-order chi connectivity index (χ0) is 9.68. The zero-order valence-electron chi connectivity index (χ0n) is 7.91. The summed E-state index contributed by atoms with van der Waals surface area (Å²) in [6, 6.07) is 0.410. The summed E-state index contributed by atoms with van der Waals surface area (Å²) in [6.07, 6.45) is 3.76. The summed E-state index contributed by atoms with van der Waals surface area (Å²) in [5.41, 5.74) is 5.61. The summed E-state index contributed by atoms with van der Waals surface area (Å²) < 4.78 is 0. The second kappa shape index (κ2) is 5.19. The lowest BCUT2D eigenvalue weighted by molar-refractivity contribution is -0.137. The van der Waals surface area contributed by atoms with E-state index in [4.69, 9.17) is 10.8 Å². The van der Waals surface area contributed by atoms with Gasteiger partial charge in [-0.25, -0.2) is 0 Å². The van der Waals surface area contributed by atoms with Crippen molar-refractivity contribution < 1.29 is 9.90 Å². The molecule has 3 N–H and O–H groups in total. The highest BCUT2D eigenvalue weighted by atomic mass is 16.4. The number of likely N-dealkylation sites (tertiary alicyclic amines) is 1. The highest BCUT2D eigenvalue weighted by molar-refractivity contribution is 5.66. The molecule has 0 radical (unpaired) electrons. The van der Waals surface area contributed by atoms with E-state index < -0.39 is 5.97 Å². The summed E-state index contributed by atoms with van der Waals surface area (Å²) in [5, 5.41) is 8.55. The Morgan fingerprint density at radius 1 is 1.54 bits per heavy atom. The van der Waals surface area contributed by atoms with Gasteiger partial charge in [-0.1, -0.05) is 6.42 Å². The molecule has 0 aromatic carbocycles. The van der Waals surface area contributed by atoms with Crippen LogP contribution in [0.1, 0.15) is 25.7 Å². The number of piperidine rings is 1. The smallest absolute Gasteiger partial charge is 0.304 e. The first-order valence-corrected chi connectivity index (χ1v) is 4.90. The van der Waals surface area contributed by atoms with Crippen LogP contribution in [0.15, 0.2) is 0 Å². The van der Waals surface area contributed by atoms with Gasteiger partial charge in [0.15, 0.2) is 0 Å². The van der Waals surface area contributed by atoms with Gasteiger partial charge in [0.25, 0.3) is 0 Å². The highest BCUT2D eigenvalue weighted by Crippen LogP contribution is 2.15. The van der Waals surface area contributed by atoms with Gasteiger partial charge < -0.3 is 10.8 Å². The SMILES string of the molecule is NC[C@@H]1CCCCN1CCC(=O)O. The van der Waals surface area contributed by atoms with Crippen LogP contribution in [0.25, 0.3) is 0 Å². The van der Waals surface area contributed by atoms with Crippen LogP contribution in [0, 0.1) is 0 Å². The van der Waals surface area contributed by atoms with Gasteiger partial charge in [-0.3, -0.25) is 9.69 Å². The van der Waals surface area contributed by atoms with Crippen LogP contribution < -0.4 is 5.73 Å². The quantitative estimate of drug-likeness (QED) is 0.661. The van der Waals surface area contributed by atoms with Gasteiger partial charge in [0.1, 0.15) is 0 Å². The third-order valence-corrected chi connectivity index (χ3v) is 2.63. The monoisotopic (exact) mass is 186 g/mol. The van der Waals surface area contributed by atoms with E-state index in [1.165, 1.54) is 12.8 Å². The maximum atomic E-state index is 10.4. The fraction of sp³-hybridized carbons (Fsp3) is 0.889. The predicted molar refractivity (Wildman–Crippen MR) is 50.5 cm³/mol. The molecule has 4 nitrogen and oxygen atoms in total. The molecule has 0 aromatic heterocycles. The molecular formula is C9H18N2O2. The first-order chi connectivity index (χ1) is 6.24. The van der Waals surface area contributed by atoms with Gasteiger partial charge in [0.05, 0.1) is 6.42 Å². The third kappa shape index (κ3) is 3.32. The predicted octanol–water partition coefficient (Wildman–Crippen LogP) is 0.274. The number of hydrogen-bond donors (Lipinski definition) is 2. The average Bonchev–Trinajstić information content (AvgIpc) is 2.15. The summed E-state index contributed by atoms with van der Waals surface area (Å²) in [4.78, 5) is 12.6. The van der Waals surface area contributed by atoms with E-state index in [1.807, 2.05) is 0 Å². The molecule has 0 aliphatic carbocycles. The number of rotatable bonds is 4. The first-order valence-electron chi connectivity index (χ1n) is 4.90. The fourth-order valence-corrected chi connectivity index (χ4v) is 1.86. The number of nitrogens with two attached hydrogens (primary N) is 1. The normalized spacial score (nSPS) is 24.5. The minimum atomic E-state index is -0.721. The molecule has 0 amide bonds. The van der Waals surface area contributed by atoms with Crippen molar-refractivity contribution >= 4 is 5.97 Å². The van der Waals surface area contributed by atoms with Crippen molar-refractivity contribution in [1.82, 2.24) is 4.90 Å². The summed E-state index contributed by atoms with van der Waals surface area (Å²) in [7, 11) is 0. The molecular weight excluding hydrogens is 168 g/mol. The van der Waals surface area contributed by atoms with Crippen LogP contribution in [0.3, 0.4) is 0 Å². The van der Waals surface area contributed by atoms with Crippen molar-refractivity contribution in [3.63, 3.8) is 0 Å². The first kappa shape index (κ1) is 10.5. The van der Waals surface area contributed by atoms with E-state index in [9.17, 15) is 4.79 Å². The topological polar surface area (TPSA) is 66.6 Å². The third-order valence-electron chi connectivity index (χ3n) is 2.63. The lowest BCUT2D eigenvalue weighted by atomic mass is 10.0. The second-order valence-corrected chi connectivity index (χ2v) is 3.57. The van der Waals surface area contributed by atoms with Crippen molar-refractivity contribution in [3.05, 3.63) is 0 Å². The Bertz CT molecular complexity index is 173. The van der Waals surface area contributed by atoms with E-state index in [0.29, 0.717) is 19.1 Å². The molecule has 0 bridgehead atoms. The molecule has 0 spiro atoms.